The topological polar surface area (TPSA) is 70.8 Å². The minimum Gasteiger partial charge on any atom is -0.494 e. The van der Waals surface area contributed by atoms with Gasteiger partial charge in [-0.25, -0.2) is 0 Å². The molecule has 0 fully saturated rings. The summed E-state index contributed by atoms with van der Waals surface area (Å²) >= 11 is 1.74. The second-order valence-corrected chi connectivity index (χ2v) is 6.63. The molecule has 1 heterocycles. The first-order chi connectivity index (χ1) is 12.2. The van der Waals surface area contributed by atoms with Crippen LogP contribution in [0.25, 0.3) is 0 Å². The maximum Gasteiger partial charge on any atom is 0.269 e. The molecule has 25 heavy (non-hydrogen) atoms. The van der Waals surface area contributed by atoms with E-state index in [1.807, 2.05) is 18.2 Å². The Balaban J connectivity index is 1.41. The normalized spacial score (nSPS) is 13.1. The van der Waals surface area contributed by atoms with E-state index in [0.717, 1.165) is 35.0 Å². The quantitative estimate of drug-likeness (QED) is 0.317. The van der Waals surface area contributed by atoms with E-state index >= 15 is 0 Å². The summed E-state index contributed by atoms with van der Waals surface area (Å²) in [6.45, 7) is 1.94. The molecule has 0 saturated carbocycles. The van der Waals surface area contributed by atoms with E-state index in [4.69, 9.17) is 14.2 Å². The number of thioether (sulfide) groups is 1. The minimum absolute atomic E-state index is 0.0670. The predicted molar refractivity (Wildman–Crippen MR) is 96.0 cm³/mol. The molecule has 6 nitrogen and oxygen atoms in total. The molecule has 0 atom stereocenters. The first-order valence-corrected chi connectivity index (χ1v) is 9.10. The highest BCUT2D eigenvalue weighted by molar-refractivity contribution is 7.99. The van der Waals surface area contributed by atoms with Gasteiger partial charge in [-0.15, -0.1) is 11.8 Å². The third kappa shape index (κ3) is 5.03. The van der Waals surface area contributed by atoms with Gasteiger partial charge in [0.15, 0.2) is 11.5 Å². The van der Waals surface area contributed by atoms with Gasteiger partial charge in [-0.1, -0.05) is 0 Å². The van der Waals surface area contributed by atoms with E-state index in [0.29, 0.717) is 25.6 Å². The molecule has 0 saturated heterocycles. The molecule has 0 spiro atoms. The predicted octanol–water partition coefficient (Wildman–Crippen LogP) is 4.32. The molecule has 7 heteroatoms. The van der Waals surface area contributed by atoms with Crippen LogP contribution in [0.4, 0.5) is 5.69 Å². The summed E-state index contributed by atoms with van der Waals surface area (Å²) in [7, 11) is 0. The standard InChI is InChI=1S/C18H19NO5S/c20-19(21)14-3-5-15(6-4-14)22-11-2-12-25-16-7-8-17-18(13-16)24-10-1-9-23-17/h3-8,13H,1-2,9-12H2. The van der Waals surface area contributed by atoms with Gasteiger partial charge in [-0.2, -0.15) is 0 Å². The second kappa shape index (κ2) is 8.62. The number of nitro benzene ring substituents is 1. The van der Waals surface area contributed by atoms with Gasteiger partial charge in [0, 0.05) is 29.2 Å². The molecular formula is C18H19NO5S. The van der Waals surface area contributed by atoms with Crippen molar-refractivity contribution in [2.75, 3.05) is 25.6 Å². The molecule has 0 radical (unpaired) electrons. The number of hydrogen-bond donors (Lipinski definition) is 0. The molecule has 2 aromatic carbocycles. The molecule has 0 N–H and O–H groups in total. The van der Waals surface area contributed by atoms with Crippen LogP contribution in [-0.2, 0) is 0 Å². The average Bonchev–Trinajstić information content (AvgIpc) is 2.86. The van der Waals surface area contributed by atoms with Gasteiger partial charge in [0.25, 0.3) is 5.69 Å². The molecule has 132 valence electrons. The number of fused-ring (bicyclic) bond motifs is 1. The summed E-state index contributed by atoms with van der Waals surface area (Å²) in [4.78, 5) is 11.3. The summed E-state index contributed by atoms with van der Waals surface area (Å²) in [5, 5.41) is 10.6. The van der Waals surface area contributed by atoms with Gasteiger partial charge >= 0.3 is 0 Å². The number of nitro groups is 1. The van der Waals surface area contributed by atoms with Crippen LogP contribution in [0.2, 0.25) is 0 Å². The fourth-order valence-corrected chi connectivity index (χ4v) is 3.19. The SMILES string of the molecule is O=[N+]([O-])c1ccc(OCCCSc2ccc3c(c2)OCCCO3)cc1. The van der Waals surface area contributed by atoms with E-state index in [1.54, 1.807) is 23.9 Å². The third-order valence-corrected chi connectivity index (χ3v) is 4.67. The molecule has 3 rings (SSSR count). The van der Waals surface area contributed by atoms with E-state index in [2.05, 4.69) is 0 Å². The number of rotatable bonds is 7. The lowest BCUT2D eigenvalue weighted by Crippen LogP contribution is -1.99. The van der Waals surface area contributed by atoms with Gasteiger partial charge in [0.05, 0.1) is 24.7 Å². The first kappa shape index (κ1) is 17.4. The van der Waals surface area contributed by atoms with Gasteiger partial charge in [-0.3, -0.25) is 10.1 Å². The Kier molecular flexibility index (Phi) is 6.00. The smallest absolute Gasteiger partial charge is 0.269 e. The van der Waals surface area contributed by atoms with Crippen LogP contribution in [0.3, 0.4) is 0 Å². The average molecular weight is 361 g/mol. The zero-order valence-electron chi connectivity index (χ0n) is 13.7. The largest absolute Gasteiger partial charge is 0.494 e. The van der Waals surface area contributed by atoms with Crippen molar-refractivity contribution in [1.82, 2.24) is 0 Å². The maximum absolute atomic E-state index is 10.6. The Bertz CT molecular complexity index is 720. The van der Waals surface area contributed by atoms with Crippen LogP contribution in [0, 0.1) is 10.1 Å². The van der Waals surface area contributed by atoms with Crippen LogP contribution in [0.5, 0.6) is 17.2 Å². The van der Waals surface area contributed by atoms with Gasteiger partial charge in [0.2, 0.25) is 0 Å². The van der Waals surface area contributed by atoms with Gasteiger partial charge < -0.3 is 14.2 Å². The molecule has 0 unspecified atom stereocenters. The van der Waals surface area contributed by atoms with E-state index in [-0.39, 0.29) is 5.69 Å². The summed E-state index contributed by atoms with van der Waals surface area (Å²) in [6, 6.07) is 12.1. The highest BCUT2D eigenvalue weighted by Crippen LogP contribution is 2.34. The Morgan fingerprint density at radius 3 is 2.60 bits per heavy atom. The van der Waals surface area contributed by atoms with Crippen molar-refractivity contribution in [1.29, 1.82) is 0 Å². The molecule has 0 amide bonds. The third-order valence-electron chi connectivity index (χ3n) is 3.59. The Morgan fingerprint density at radius 1 is 1.08 bits per heavy atom. The molecule has 0 aliphatic carbocycles. The lowest BCUT2D eigenvalue weighted by Gasteiger charge is -2.09. The van der Waals surface area contributed by atoms with Crippen molar-refractivity contribution in [3.05, 3.63) is 52.6 Å². The highest BCUT2D eigenvalue weighted by atomic mass is 32.2. The zero-order valence-corrected chi connectivity index (χ0v) is 14.5. The molecule has 1 aliphatic heterocycles. The number of non-ortho nitro benzene ring substituents is 1. The lowest BCUT2D eigenvalue weighted by molar-refractivity contribution is -0.384. The van der Waals surface area contributed by atoms with E-state index < -0.39 is 4.92 Å². The number of benzene rings is 2. The molecule has 1 aliphatic rings. The summed E-state index contributed by atoms with van der Waals surface area (Å²) in [6.07, 6.45) is 1.77. The Morgan fingerprint density at radius 2 is 1.84 bits per heavy atom. The van der Waals surface area contributed by atoms with Crippen LogP contribution >= 0.6 is 11.8 Å². The van der Waals surface area contributed by atoms with Crippen molar-refractivity contribution >= 4 is 17.4 Å². The zero-order chi connectivity index (χ0) is 17.5. The van der Waals surface area contributed by atoms with Crippen molar-refractivity contribution in [3.8, 4) is 17.2 Å². The number of hydrogen-bond acceptors (Lipinski definition) is 6. The lowest BCUT2D eigenvalue weighted by atomic mass is 10.3. The van der Waals surface area contributed by atoms with Crippen molar-refractivity contribution in [2.45, 2.75) is 17.7 Å². The fraction of sp³-hybridized carbons (Fsp3) is 0.333. The van der Waals surface area contributed by atoms with Crippen LogP contribution in [0.15, 0.2) is 47.4 Å². The van der Waals surface area contributed by atoms with E-state index in [9.17, 15) is 10.1 Å². The van der Waals surface area contributed by atoms with Gasteiger partial charge in [-0.05, 0) is 36.8 Å². The molecule has 2 aromatic rings. The first-order valence-electron chi connectivity index (χ1n) is 8.12. The van der Waals surface area contributed by atoms with Crippen molar-refractivity contribution in [2.24, 2.45) is 0 Å². The van der Waals surface area contributed by atoms with Crippen LogP contribution < -0.4 is 14.2 Å². The van der Waals surface area contributed by atoms with Gasteiger partial charge in [0.1, 0.15) is 5.75 Å². The summed E-state index contributed by atoms with van der Waals surface area (Å²) < 4.78 is 16.9. The van der Waals surface area contributed by atoms with Crippen LogP contribution in [0.1, 0.15) is 12.8 Å². The monoisotopic (exact) mass is 361 g/mol. The Hall–Kier alpha value is -2.41. The minimum atomic E-state index is -0.421. The summed E-state index contributed by atoms with van der Waals surface area (Å²) in [5.41, 5.74) is 0.0670. The van der Waals surface area contributed by atoms with Crippen LogP contribution in [-0.4, -0.2) is 30.5 Å². The number of ether oxygens (including phenoxy) is 3. The fourth-order valence-electron chi connectivity index (χ4n) is 2.34. The molecular weight excluding hydrogens is 342 g/mol. The number of nitrogens with zero attached hydrogens (tertiary/aromatic N) is 1. The summed E-state index contributed by atoms with van der Waals surface area (Å²) in [5.74, 6) is 3.17. The molecule has 0 aromatic heterocycles. The van der Waals surface area contributed by atoms with Crippen molar-refractivity contribution < 1.29 is 19.1 Å². The highest BCUT2D eigenvalue weighted by Gasteiger charge is 2.10. The molecule has 0 bridgehead atoms. The Labute approximate surface area is 150 Å². The van der Waals surface area contributed by atoms with E-state index in [1.165, 1.54) is 12.1 Å². The second-order valence-electron chi connectivity index (χ2n) is 5.46. The maximum atomic E-state index is 10.6. The van der Waals surface area contributed by atoms with Crippen molar-refractivity contribution in [3.63, 3.8) is 0 Å².